The lowest BCUT2D eigenvalue weighted by Gasteiger charge is -2.07. The lowest BCUT2D eigenvalue weighted by Crippen LogP contribution is -2.28. The average molecular weight is 350 g/mol. The van der Waals surface area contributed by atoms with Crippen LogP contribution in [0.15, 0.2) is 60.8 Å². The molecule has 0 spiro atoms. The summed E-state index contributed by atoms with van der Waals surface area (Å²) in [7, 11) is 1.64. The Morgan fingerprint density at radius 1 is 1.04 bits per heavy atom. The average Bonchev–Trinajstić information content (AvgIpc) is 3.04. The molecule has 0 fully saturated rings. The van der Waals surface area contributed by atoms with Crippen molar-refractivity contribution in [2.24, 2.45) is 0 Å². The molecule has 0 aliphatic rings. The van der Waals surface area contributed by atoms with Crippen LogP contribution >= 0.6 is 0 Å². The van der Waals surface area contributed by atoms with Gasteiger partial charge in [0.25, 0.3) is 0 Å². The number of methoxy groups -OCH3 is 1. The number of nitrogens with one attached hydrogen (secondary N) is 1. The van der Waals surface area contributed by atoms with Gasteiger partial charge in [-0.3, -0.25) is 9.59 Å². The quantitative estimate of drug-likeness (QED) is 0.502. The molecule has 2 aromatic carbocycles. The molecule has 1 aromatic heterocycles. The summed E-state index contributed by atoms with van der Waals surface area (Å²) in [5.74, 6) is -0.124. The molecule has 0 aliphatic carbocycles. The van der Waals surface area contributed by atoms with E-state index in [0.717, 1.165) is 17.3 Å². The van der Waals surface area contributed by atoms with Crippen LogP contribution in [0, 0.1) is 0 Å². The summed E-state index contributed by atoms with van der Waals surface area (Å²) in [6.45, 7) is 1.36. The SMILES string of the molecule is COCCCNC(=O)Cn1cc(C(=O)c2ccccc2)c2ccccc21. The maximum atomic E-state index is 12.9. The number of aromatic nitrogens is 1. The highest BCUT2D eigenvalue weighted by molar-refractivity contribution is 6.16. The third-order valence-corrected chi connectivity index (χ3v) is 4.23. The molecule has 3 aromatic rings. The van der Waals surface area contributed by atoms with Crippen molar-refractivity contribution >= 4 is 22.6 Å². The molecule has 1 N–H and O–H groups in total. The molecule has 3 rings (SSSR count). The first-order valence-corrected chi connectivity index (χ1v) is 8.64. The topological polar surface area (TPSA) is 60.3 Å². The van der Waals surface area contributed by atoms with E-state index in [1.807, 2.05) is 47.0 Å². The highest BCUT2D eigenvalue weighted by atomic mass is 16.5. The third-order valence-electron chi connectivity index (χ3n) is 4.23. The second kappa shape index (κ2) is 8.45. The van der Waals surface area contributed by atoms with E-state index in [4.69, 9.17) is 4.74 Å². The van der Waals surface area contributed by atoms with Crippen molar-refractivity contribution < 1.29 is 14.3 Å². The zero-order valence-electron chi connectivity index (χ0n) is 14.8. The van der Waals surface area contributed by atoms with E-state index in [-0.39, 0.29) is 18.2 Å². The van der Waals surface area contributed by atoms with Gasteiger partial charge in [0.15, 0.2) is 5.78 Å². The molecular formula is C21H22N2O3. The molecular weight excluding hydrogens is 328 g/mol. The van der Waals surface area contributed by atoms with Crippen molar-refractivity contribution in [2.75, 3.05) is 20.3 Å². The number of hydrogen-bond acceptors (Lipinski definition) is 3. The minimum atomic E-state index is -0.0828. The summed E-state index contributed by atoms with van der Waals surface area (Å²) >= 11 is 0. The van der Waals surface area contributed by atoms with E-state index in [0.29, 0.717) is 24.3 Å². The number of benzene rings is 2. The molecule has 0 aliphatic heterocycles. The van der Waals surface area contributed by atoms with Crippen molar-refractivity contribution in [2.45, 2.75) is 13.0 Å². The van der Waals surface area contributed by atoms with Gasteiger partial charge in [0.1, 0.15) is 6.54 Å². The molecule has 5 nitrogen and oxygen atoms in total. The smallest absolute Gasteiger partial charge is 0.239 e. The zero-order valence-corrected chi connectivity index (χ0v) is 14.8. The number of fused-ring (bicyclic) bond motifs is 1. The number of hydrogen-bond donors (Lipinski definition) is 1. The van der Waals surface area contributed by atoms with E-state index >= 15 is 0 Å². The van der Waals surface area contributed by atoms with Crippen molar-refractivity contribution in [1.82, 2.24) is 9.88 Å². The second-order valence-electron chi connectivity index (χ2n) is 6.08. The Hall–Kier alpha value is -2.92. The molecule has 0 atom stereocenters. The van der Waals surface area contributed by atoms with Crippen molar-refractivity contribution in [3.63, 3.8) is 0 Å². The van der Waals surface area contributed by atoms with Gasteiger partial charge >= 0.3 is 0 Å². The first-order valence-electron chi connectivity index (χ1n) is 8.64. The summed E-state index contributed by atoms with van der Waals surface area (Å²) in [6.07, 6.45) is 2.54. The highest BCUT2D eigenvalue weighted by Gasteiger charge is 2.17. The van der Waals surface area contributed by atoms with Crippen LogP contribution in [0.5, 0.6) is 0 Å². The third kappa shape index (κ3) is 4.00. The number of ether oxygens (including phenoxy) is 1. The van der Waals surface area contributed by atoms with Crippen LogP contribution in [0.2, 0.25) is 0 Å². The molecule has 0 radical (unpaired) electrons. The summed E-state index contributed by atoms with van der Waals surface area (Å²) in [5, 5.41) is 3.73. The fourth-order valence-corrected chi connectivity index (χ4v) is 2.96. The van der Waals surface area contributed by atoms with Crippen molar-refractivity contribution in [3.05, 3.63) is 71.9 Å². The fraction of sp³-hybridized carbons (Fsp3) is 0.238. The van der Waals surface area contributed by atoms with E-state index in [1.54, 1.807) is 25.4 Å². The lowest BCUT2D eigenvalue weighted by atomic mass is 10.0. The molecule has 0 saturated carbocycles. The normalized spacial score (nSPS) is 10.8. The molecule has 0 bridgehead atoms. The van der Waals surface area contributed by atoms with Gasteiger partial charge in [-0.15, -0.1) is 0 Å². The number of carbonyl (C=O) groups is 2. The van der Waals surface area contributed by atoms with Crippen LogP contribution in [-0.2, 0) is 16.1 Å². The summed E-state index contributed by atoms with van der Waals surface area (Å²) in [4.78, 5) is 25.1. The van der Waals surface area contributed by atoms with Crippen LogP contribution in [0.25, 0.3) is 10.9 Å². The van der Waals surface area contributed by atoms with Gasteiger partial charge < -0.3 is 14.6 Å². The van der Waals surface area contributed by atoms with Gasteiger partial charge in [0.05, 0.1) is 0 Å². The number of amides is 1. The van der Waals surface area contributed by atoms with Crippen molar-refractivity contribution in [3.8, 4) is 0 Å². The van der Waals surface area contributed by atoms with E-state index in [1.165, 1.54) is 0 Å². The first-order chi connectivity index (χ1) is 12.7. The molecule has 0 unspecified atom stereocenters. The Balaban J connectivity index is 1.84. The molecule has 134 valence electrons. The Bertz CT molecular complexity index is 900. The molecule has 26 heavy (non-hydrogen) atoms. The van der Waals surface area contributed by atoms with Crippen LogP contribution in [-0.4, -0.2) is 36.5 Å². The fourth-order valence-electron chi connectivity index (χ4n) is 2.96. The van der Waals surface area contributed by atoms with Gasteiger partial charge in [-0.05, 0) is 12.5 Å². The van der Waals surface area contributed by atoms with E-state index < -0.39 is 0 Å². The maximum Gasteiger partial charge on any atom is 0.239 e. The number of ketones is 1. The van der Waals surface area contributed by atoms with Crippen LogP contribution in [0.3, 0.4) is 0 Å². The predicted molar refractivity (Wildman–Crippen MR) is 101 cm³/mol. The van der Waals surface area contributed by atoms with Gasteiger partial charge in [-0.1, -0.05) is 48.5 Å². The largest absolute Gasteiger partial charge is 0.385 e. The maximum absolute atomic E-state index is 12.9. The van der Waals surface area contributed by atoms with Gasteiger partial charge in [0.2, 0.25) is 5.91 Å². The number of carbonyl (C=O) groups excluding carboxylic acids is 2. The van der Waals surface area contributed by atoms with Crippen LogP contribution in [0.1, 0.15) is 22.3 Å². The second-order valence-corrected chi connectivity index (χ2v) is 6.08. The zero-order chi connectivity index (χ0) is 18.4. The Morgan fingerprint density at radius 3 is 2.54 bits per heavy atom. The monoisotopic (exact) mass is 350 g/mol. The van der Waals surface area contributed by atoms with E-state index in [2.05, 4.69) is 5.32 Å². The Kier molecular flexibility index (Phi) is 5.81. The summed E-state index contributed by atoms with van der Waals surface area (Å²) in [6, 6.07) is 16.8. The molecule has 1 amide bonds. The molecule has 0 saturated heterocycles. The highest BCUT2D eigenvalue weighted by Crippen LogP contribution is 2.24. The molecule has 1 heterocycles. The number of nitrogens with zero attached hydrogens (tertiary/aromatic N) is 1. The Labute approximate surface area is 152 Å². The minimum Gasteiger partial charge on any atom is -0.385 e. The standard InChI is InChI=1S/C21H22N2O3/c1-26-13-7-12-22-20(24)15-23-14-18(17-10-5-6-11-19(17)23)21(25)16-8-3-2-4-9-16/h2-6,8-11,14H,7,12-13,15H2,1H3,(H,22,24). The lowest BCUT2D eigenvalue weighted by molar-refractivity contribution is -0.121. The summed E-state index contributed by atoms with van der Waals surface area (Å²) < 4.78 is 6.81. The van der Waals surface area contributed by atoms with Gasteiger partial charge in [0, 0.05) is 48.5 Å². The predicted octanol–water partition coefficient (Wildman–Crippen LogP) is 3.03. The van der Waals surface area contributed by atoms with E-state index in [9.17, 15) is 9.59 Å². The summed E-state index contributed by atoms with van der Waals surface area (Å²) in [5.41, 5.74) is 2.12. The number of para-hydroxylation sites is 1. The molecule has 5 heteroatoms. The minimum absolute atomic E-state index is 0.0407. The van der Waals surface area contributed by atoms with Gasteiger partial charge in [-0.2, -0.15) is 0 Å². The Morgan fingerprint density at radius 2 is 1.77 bits per heavy atom. The van der Waals surface area contributed by atoms with Crippen molar-refractivity contribution in [1.29, 1.82) is 0 Å². The van der Waals surface area contributed by atoms with Crippen LogP contribution < -0.4 is 5.32 Å². The van der Waals surface area contributed by atoms with Crippen LogP contribution in [0.4, 0.5) is 0 Å². The van der Waals surface area contributed by atoms with Gasteiger partial charge in [-0.25, -0.2) is 0 Å². The first kappa shape index (κ1) is 17.9. The number of rotatable bonds is 8.